The lowest BCUT2D eigenvalue weighted by molar-refractivity contribution is -0.131. The predicted molar refractivity (Wildman–Crippen MR) is 67.0 cm³/mol. The van der Waals surface area contributed by atoms with Crippen molar-refractivity contribution < 1.29 is 4.79 Å². The largest absolute Gasteiger partial charge is 0.342 e. The van der Waals surface area contributed by atoms with Crippen molar-refractivity contribution in [2.24, 2.45) is 16.6 Å². The number of carbonyl (C=O) groups excluding carboxylic acids is 1. The van der Waals surface area contributed by atoms with E-state index in [9.17, 15) is 4.79 Å². The third kappa shape index (κ3) is 3.78. The van der Waals surface area contributed by atoms with E-state index in [4.69, 9.17) is 5.73 Å². The molecule has 1 saturated heterocycles. The number of amides is 1. The van der Waals surface area contributed by atoms with Crippen LogP contribution >= 0.6 is 0 Å². The lowest BCUT2D eigenvalue weighted by Crippen LogP contribution is -2.34. The lowest BCUT2D eigenvalue weighted by Gasteiger charge is -2.24. The molecule has 1 aliphatic heterocycles. The van der Waals surface area contributed by atoms with Crippen LogP contribution in [0, 0.1) is 10.8 Å². The Labute approximate surface area is 99.4 Å². The number of nitrogens with zero attached hydrogens (tertiary/aromatic N) is 1. The van der Waals surface area contributed by atoms with E-state index in [0.717, 1.165) is 25.9 Å². The van der Waals surface area contributed by atoms with Crippen molar-refractivity contribution in [3.05, 3.63) is 0 Å². The van der Waals surface area contributed by atoms with Crippen LogP contribution in [0.2, 0.25) is 0 Å². The molecule has 0 aliphatic carbocycles. The molecule has 0 saturated carbocycles. The van der Waals surface area contributed by atoms with Gasteiger partial charge in [0.25, 0.3) is 0 Å². The average molecular weight is 226 g/mol. The van der Waals surface area contributed by atoms with E-state index >= 15 is 0 Å². The Morgan fingerprint density at radius 2 is 2.06 bits per heavy atom. The van der Waals surface area contributed by atoms with Gasteiger partial charge < -0.3 is 10.6 Å². The highest BCUT2D eigenvalue weighted by Crippen LogP contribution is 2.29. The van der Waals surface area contributed by atoms with Gasteiger partial charge in [0.1, 0.15) is 0 Å². The molecule has 1 unspecified atom stereocenters. The van der Waals surface area contributed by atoms with E-state index in [1.807, 2.05) is 4.90 Å². The highest BCUT2D eigenvalue weighted by Gasteiger charge is 2.34. The maximum absolute atomic E-state index is 12.0. The monoisotopic (exact) mass is 226 g/mol. The fourth-order valence-electron chi connectivity index (χ4n) is 2.04. The second-order valence-electron chi connectivity index (χ2n) is 6.64. The van der Waals surface area contributed by atoms with Gasteiger partial charge in [0.05, 0.1) is 0 Å². The summed E-state index contributed by atoms with van der Waals surface area (Å²) in [7, 11) is 0. The number of hydrogen-bond donors (Lipinski definition) is 1. The first kappa shape index (κ1) is 13.5. The molecular formula is C13H26N2O. The van der Waals surface area contributed by atoms with Crippen LogP contribution in [0.1, 0.15) is 47.0 Å². The number of likely N-dealkylation sites (tertiary alicyclic amines) is 1. The van der Waals surface area contributed by atoms with Gasteiger partial charge in [0, 0.05) is 19.5 Å². The first-order valence-corrected chi connectivity index (χ1v) is 6.24. The van der Waals surface area contributed by atoms with Crippen molar-refractivity contribution in [3.8, 4) is 0 Å². The minimum absolute atomic E-state index is 0.150. The standard InChI is InChI=1S/C13H26N2O/c1-12(2,3)6-5-11(16)15-8-7-13(4,9-14)10-15/h5-10,14H2,1-4H3. The summed E-state index contributed by atoms with van der Waals surface area (Å²) in [6.07, 6.45) is 2.68. The van der Waals surface area contributed by atoms with E-state index in [-0.39, 0.29) is 10.8 Å². The summed E-state index contributed by atoms with van der Waals surface area (Å²) in [5.74, 6) is 0.298. The van der Waals surface area contributed by atoms with E-state index in [0.29, 0.717) is 18.9 Å². The minimum Gasteiger partial charge on any atom is -0.342 e. The Morgan fingerprint density at radius 1 is 1.44 bits per heavy atom. The zero-order valence-corrected chi connectivity index (χ0v) is 11.2. The van der Waals surface area contributed by atoms with Crippen molar-refractivity contribution in [3.63, 3.8) is 0 Å². The molecule has 0 aromatic heterocycles. The molecule has 94 valence electrons. The van der Waals surface area contributed by atoms with Crippen molar-refractivity contribution in [1.82, 2.24) is 4.90 Å². The zero-order chi connectivity index (χ0) is 12.4. The number of nitrogens with two attached hydrogens (primary N) is 1. The molecular weight excluding hydrogens is 200 g/mol. The molecule has 0 aromatic rings. The van der Waals surface area contributed by atoms with Crippen LogP contribution < -0.4 is 5.73 Å². The second kappa shape index (κ2) is 4.74. The SMILES string of the molecule is CC(C)(C)CCC(=O)N1CCC(C)(CN)C1. The molecule has 0 bridgehead atoms. The van der Waals surface area contributed by atoms with Gasteiger partial charge in [-0.15, -0.1) is 0 Å². The van der Waals surface area contributed by atoms with Crippen LogP contribution in [0.15, 0.2) is 0 Å². The maximum Gasteiger partial charge on any atom is 0.222 e. The zero-order valence-electron chi connectivity index (χ0n) is 11.2. The van der Waals surface area contributed by atoms with Gasteiger partial charge in [-0.2, -0.15) is 0 Å². The normalized spacial score (nSPS) is 26.2. The summed E-state index contributed by atoms with van der Waals surface area (Å²) in [5, 5.41) is 0. The molecule has 1 rings (SSSR count). The smallest absolute Gasteiger partial charge is 0.222 e. The molecule has 3 heteroatoms. The van der Waals surface area contributed by atoms with Gasteiger partial charge in [-0.05, 0) is 30.2 Å². The van der Waals surface area contributed by atoms with Gasteiger partial charge >= 0.3 is 0 Å². The van der Waals surface area contributed by atoms with Crippen molar-refractivity contribution in [2.75, 3.05) is 19.6 Å². The molecule has 1 heterocycles. The van der Waals surface area contributed by atoms with Gasteiger partial charge in [0.2, 0.25) is 5.91 Å². The molecule has 0 radical (unpaired) electrons. The first-order chi connectivity index (χ1) is 7.26. The van der Waals surface area contributed by atoms with Crippen molar-refractivity contribution in [1.29, 1.82) is 0 Å². The second-order valence-corrected chi connectivity index (χ2v) is 6.64. The summed E-state index contributed by atoms with van der Waals surface area (Å²) in [4.78, 5) is 14.0. The van der Waals surface area contributed by atoms with E-state index < -0.39 is 0 Å². The number of hydrogen-bond acceptors (Lipinski definition) is 2. The van der Waals surface area contributed by atoms with Crippen LogP contribution in [-0.2, 0) is 4.79 Å². The quantitative estimate of drug-likeness (QED) is 0.800. The lowest BCUT2D eigenvalue weighted by atomic mass is 9.90. The third-order valence-corrected chi connectivity index (χ3v) is 3.49. The highest BCUT2D eigenvalue weighted by molar-refractivity contribution is 5.76. The summed E-state index contributed by atoms with van der Waals surface area (Å²) in [6.45, 7) is 11.1. The van der Waals surface area contributed by atoms with Crippen LogP contribution in [0.4, 0.5) is 0 Å². The van der Waals surface area contributed by atoms with Crippen LogP contribution in [0.5, 0.6) is 0 Å². The number of rotatable bonds is 3. The molecule has 1 fully saturated rings. The first-order valence-electron chi connectivity index (χ1n) is 6.24. The van der Waals surface area contributed by atoms with Gasteiger partial charge in [-0.25, -0.2) is 0 Å². The molecule has 1 amide bonds. The molecule has 1 aliphatic rings. The van der Waals surface area contributed by atoms with E-state index in [1.54, 1.807) is 0 Å². The Kier molecular flexibility index (Phi) is 4.00. The molecule has 3 nitrogen and oxygen atoms in total. The maximum atomic E-state index is 12.0. The van der Waals surface area contributed by atoms with Crippen LogP contribution in [0.3, 0.4) is 0 Å². The minimum atomic E-state index is 0.150. The van der Waals surface area contributed by atoms with Gasteiger partial charge in [-0.1, -0.05) is 27.7 Å². The molecule has 2 N–H and O–H groups in total. The fraction of sp³-hybridized carbons (Fsp3) is 0.923. The molecule has 0 aromatic carbocycles. The molecule has 1 atom stereocenters. The van der Waals surface area contributed by atoms with Crippen molar-refractivity contribution in [2.45, 2.75) is 47.0 Å². The third-order valence-electron chi connectivity index (χ3n) is 3.49. The average Bonchev–Trinajstić information content (AvgIpc) is 2.57. The van der Waals surface area contributed by atoms with Crippen molar-refractivity contribution >= 4 is 5.91 Å². The Morgan fingerprint density at radius 3 is 2.50 bits per heavy atom. The Bertz CT molecular complexity index is 257. The summed E-state index contributed by atoms with van der Waals surface area (Å²) >= 11 is 0. The Hall–Kier alpha value is -0.570. The molecule has 0 spiro atoms. The number of carbonyl (C=O) groups is 1. The highest BCUT2D eigenvalue weighted by atomic mass is 16.2. The van der Waals surface area contributed by atoms with Gasteiger partial charge in [0.15, 0.2) is 0 Å². The van der Waals surface area contributed by atoms with Gasteiger partial charge in [-0.3, -0.25) is 4.79 Å². The molecule has 16 heavy (non-hydrogen) atoms. The summed E-state index contributed by atoms with van der Waals surface area (Å²) < 4.78 is 0. The van der Waals surface area contributed by atoms with Crippen LogP contribution in [0.25, 0.3) is 0 Å². The summed E-state index contributed by atoms with van der Waals surface area (Å²) in [6, 6.07) is 0. The summed E-state index contributed by atoms with van der Waals surface area (Å²) in [5.41, 5.74) is 6.13. The van der Waals surface area contributed by atoms with Crippen LogP contribution in [-0.4, -0.2) is 30.4 Å². The van der Waals surface area contributed by atoms with E-state index in [1.165, 1.54) is 0 Å². The predicted octanol–water partition coefficient (Wildman–Crippen LogP) is 2.01. The van der Waals surface area contributed by atoms with E-state index in [2.05, 4.69) is 27.7 Å². The topological polar surface area (TPSA) is 46.3 Å². The fourth-order valence-corrected chi connectivity index (χ4v) is 2.04. The Balaban J connectivity index is 2.40.